The van der Waals surface area contributed by atoms with Crippen molar-refractivity contribution < 1.29 is 14.6 Å². The highest BCUT2D eigenvalue weighted by atomic mass is 16.5. The smallest absolute Gasteiger partial charge is 0.303 e. The number of aryl methyl sites for hydroxylation is 1. The van der Waals surface area contributed by atoms with Crippen LogP contribution in [0.2, 0.25) is 0 Å². The van der Waals surface area contributed by atoms with Crippen molar-refractivity contribution in [3.05, 3.63) is 29.8 Å². The number of hydrogen-bond donors (Lipinski definition) is 1. The molecule has 0 saturated heterocycles. The molecule has 1 rings (SSSR count). The molecule has 0 bridgehead atoms. The van der Waals surface area contributed by atoms with Crippen LogP contribution in [0.3, 0.4) is 0 Å². The fourth-order valence-electron chi connectivity index (χ4n) is 1.45. The third-order valence-electron chi connectivity index (χ3n) is 2.27. The van der Waals surface area contributed by atoms with Crippen LogP contribution in [0.5, 0.6) is 5.75 Å². The van der Waals surface area contributed by atoms with E-state index in [-0.39, 0.29) is 6.42 Å². The Hall–Kier alpha value is -1.51. The number of aliphatic carboxylic acids is 1. The fourth-order valence-corrected chi connectivity index (χ4v) is 1.45. The molecule has 1 aromatic carbocycles. The zero-order valence-electron chi connectivity index (χ0n) is 9.61. The van der Waals surface area contributed by atoms with Gasteiger partial charge in [0.15, 0.2) is 0 Å². The van der Waals surface area contributed by atoms with Crippen molar-refractivity contribution in [1.29, 1.82) is 0 Å². The molecule has 0 amide bonds. The number of ether oxygens (including phenoxy) is 1. The molecule has 1 aromatic rings. The van der Waals surface area contributed by atoms with E-state index in [1.54, 1.807) is 0 Å². The van der Waals surface area contributed by atoms with E-state index < -0.39 is 5.97 Å². The number of carboxylic acid groups (broad SMARTS) is 1. The second-order valence-electron chi connectivity index (χ2n) is 3.74. The van der Waals surface area contributed by atoms with Crippen LogP contribution >= 0.6 is 0 Å². The molecular formula is C13H18O3. The standard InChI is InChI=1S/C13H18O3/c1-2-4-11-6-8-12(9-7-11)16-10-3-5-13(14)15/h6-9H,2-5,10H2,1H3,(H,14,15). The van der Waals surface area contributed by atoms with E-state index in [0.29, 0.717) is 13.0 Å². The Kier molecular flexibility index (Phi) is 5.40. The average Bonchev–Trinajstić information content (AvgIpc) is 2.27. The van der Waals surface area contributed by atoms with Crippen molar-refractivity contribution in [2.45, 2.75) is 32.6 Å². The molecule has 0 aliphatic heterocycles. The van der Waals surface area contributed by atoms with Gasteiger partial charge < -0.3 is 9.84 Å². The zero-order valence-corrected chi connectivity index (χ0v) is 9.61. The Bertz CT molecular complexity index is 316. The number of rotatable bonds is 7. The summed E-state index contributed by atoms with van der Waals surface area (Å²) < 4.78 is 5.43. The Morgan fingerprint density at radius 2 is 2.00 bits per heavy atom. The van der Waals surface area contributed by atoms with Crippen LogP contribution in [0.15, 0.2) is 24.3 Å². The molecule has 0 radical (unpaired) electrons. The molecule has 0 saturated carbocycles. The van der Waals surface area contributed by atoms with Gasteiger partial charge in [-0.1, -0.05) is 25.5 Å². The molecule has 0 atom stereocenters. The minimum Gasteiger partial charge on any atom is -0.494 e. The molecule has 0 aromatic heterocycles. The quantitative estimate of drug-likeness (QED) is 0.721. The molecule has 0 aliphatic carbocycles. The van der Waals surface area contributed by atoms with Crippen LogP contribution in [0.25, 0.3) is 0 Å². The first-order valence-corrected chi connectivity index (χ1v) is 5.66. The SMILES string of the molecule is CCCc1ccc(OCCCC(=O)O)cc1. The van der Waals surface area contributed by atoms with Crippen molar-refractivity contribution in [2.24, 2.45) is 0 Å². The summed E-state index contributed by atoms with van der Waals surface area (Å²) in [4.78, 5) is 10.3. The first kappa shape index (κ1) is 12.6. The van der Waals surface area contributed by atoms with E-state index in [1.807, 2.05) is 12.1 Å². The van der Waals surface area contributed by atoms with Gasteiger partial charge in [0.25, 0.3) is 0 Å². The molecule has 1 N–H and O–H groups in total. The molecule has 0 heterocycles. The van der Waals surface area contributed by atoms with E-state index in [1.165, 1.54) is 5.56 Å². The third-order valence-corrected chi connectivity index (χ3v) is 2.27. The first-order chi connectivity index (χ1) is 7.72. The highest BCUT2D eigenvalue weighted by Gasteiger charge is 1.98. The predicted octanol–water partition coefficient (Wildman–Crippen LogP) is 2.88. The summed E-state index contributed by atoms with van der Waals surface area (Å²) in [5.74, 6) is 0.0344. The normalized spacial score (nSPS) is 10.1. The second kappa shape index (κ2) is 6.88. The minimum atomic E-state index is -0.776. The fraction of sp³-hybridized carbons (Fsp3) is 0.462. The number of hydrogen-bond acceptors (Lipinski definition) is 2. The van der Waals surface area contributed by atoms with Crippen LogP contribution in [0.1, 0.15) is 31.7 Å². The molecule has 3 nitrogen and oxygen atoms in total. The van der Waals surface area contributed by atoms with Crippen LogP contribution in [0, 0.1) is 0 Å². The van der Waals surface area contributed by atoms with Gasteiger partial charge in [-0.15, -0.1) is 0 Å². The second-order valence-corrected chi connectivity index (χ2v) is 3.74. The number of carboxylic acids is 1. The van der Waals surface area contributed by atoms with Crippen molar-refractivity contribution >= 4 is 5.97 Å². The molecule has 0 unspecified atom stereocenters. The number of carbonyl (C=O) groups is 1. The van der Waals surface area contributed by atoms with Crippen molar-refractivity contribution in [1.82, 2.24) is 0 Å². The maximum absolute atomic E-state index is 10.3. The van der Waals surface area contributed by atoms with Gasteiger partial charge in [-0.25, -0.2) is 0 Å². The lowest BCUT2D eigenvalue weighted by atomic mass is 10.1. The van der Waals surface area contributed by atoms with Crippen LogP contribution in [0.4, 0.5) is 0 Å². The Morgan fingerprint density at radius 3 is 2.56 bits per heavy atom. The average molecular weight is 222 g/mol. The summed E-state index contributed by atoms with van der Waals surface area (Å²) in [5, 5.41) is 8.45. The van der Waals surface area contributed by atoms with Crippen molar-refractivity contribution in [2.75, 3.05) is 6.61 Å². The van der Waals surface area contributed by atoms with Gasteiger partial charge in [0.1, 0.15) is 5.75 Å². The lowest BCUT2D eigenvalue weighted by Gasteiger charge is -2.06. The van der Waals surface area contributed by atoms with Gasteiger partial charge >= 0.3 is 5.97 Å². The lowest BCUT2D eigenvalue weighted by molar-refractivity contribution is -0.137. The maximum atomic E-state index is 10.3. The minimum absolute atomic E-state index is 0.161. The van der Waals surface area contributed by atoms with Gasteiger partial charge in [0.2, 0.25) is 0 Å². The topological polar surface area (TPSA) is 46.5 Å². The van der Waals surface area contributed by atoms with E-state index in [2.05, 4.69) is 19.1 Å². The summed E-state index contributed by atoms with van der Waals surface area (Å²) in [6.07, 6.45) is 2.93. The molecular weight excluding hydrogens is 204 g/mol. The van der Waals surface area contributed by atoms with E-state index in [9.17, 15) is 4.79 Å². The van der Waals surface area contributed by atoms with Gasteiger partial charge in [-0.3, -0.25) is 4.79 Å². The van der Waals surface area contributed by atoms with Crippen molar-refractivity contribution in [3.8, 4) is 5.75 Å². The largest absolute Gasteiger partial charge is 0.494 e. The van der Waals surface area contributed by atoms with Gasteiger partial charge in [-0.2, -0.15) is 0 Å². The number of benzene rings is 1. The Labute approximate surface area is 96.1 Å². The summed E-state index contributed by atoms with van der Waals surface area (Å²) in [6, 6.07) is 7.98. The summed E-state index contributed by atoms with van der Waals surface area (Å²) in [7, 11) is 0. The highest BCUT2D eigenvalue weighted by molar-refractivity contribution is 5.66. The Morgan fingerprint density at radius 1 is 1.31 bits per heavy atom. The van der Waals surface area contributed by atoms with Crippen molar-refractivity contribution in [3.63, 3.8) is 0 Å². The summed E-state index contributed by atoms with van der Waals surface area (Å²) in [5.41, 5.74) is 1.31. The van der Waals surface area contributed by atoms with Crippen LogP contribution < -0.4 is 4.74 Å². The maximum Gasteiger partial charge on any atom is 0.303 e. The highest BCUT2D eigenvalue weighted by Crippen LogP contribution is 2.13. The Balaban J connectivity index is 2.29. The summed E-state index contributed by atoms with van der Waals surface area (Å²) >= 11 is 0. The van der Waals surface area contributed by atoms with Crippen LogP contribution in [-0.4, -0.2) is 17.7 Å². The zero-order chi connectivity index (χ0) is 11.8. The van der Waals surface area contributed by atoms with Gasteiger partial charge in [0, 0.05) is 6.42 Å². The van der Waals surface area contributed by atoms with Gasteiger partial charge in [0.05, 0.1) is 6.61 Å². The molecule has 0 spiro atoms. The van der Waals surface area contributed by atoms with Crippen LogP contribution in [-0.2, 0) is 11.2 Å². The van der Waals surface area contributed by atoms with E-state index >= 15 is 0 Å². The first-order valence-electron chi connectivity index (χ1n) is 5.66. The molecule has 16 heavy (non-hydrogen) atoms. The van der Waals surface area contributed by atoms with E-state index in [0.717, 1.165) is 18.6 Å². The third kappa shape index (κ3) is 4.82. The molecule has 88 valence electrons. The van der Waals surface area contributed by atoms with E-state index in [4.69, 9.17) is 9.84 Å². The molecule has 0 fully saturated rings. The lowest BCUT2D eigenvalue weighted by Crippen LogP contribution is -2.02. The molecule has 0 aliphatic rings. The predicted molar refractivity (Wildman–Crippen MR) is 62.8 cm³/mol. The van der Waals surface area contributed by atoms with Gasteiger partial charge in [-0.05, 0) is 30.5 Å². The monoisotopic (exact) mass is 222 g/mol. The molecule has 3 heteroatoms. The summed E-state index contributed by atoms with van der Waals surface area (Å²) in [6.45, 7) is 2.61.